The molecule has 3 nitrogen and oxygen atoms in total. The molecule has 0 aromatic rings. The number of methoxy groups -OCH3 is 1. The lowest BCUT2D eigenvalue weighted by Crippen LogP contribution is -2.17. The molecule has 0 amide bonds. The molecule has 2 N–H and O–H groups in total. The first-order valence-corrected chi connectivity index (χ1v) is 4.06. The van der Waals surface area contributed by atoms with E-state index >= 15 is 0 Å². The molecule has 0 aliphatic rings. The number of hydrogen-bond donors (Lipinski definition) is 2. The first kappa shape index (κ1) is 18.2. The molecule has 0 aliphatic carbocycles. The molecule has 0 saturated carbocycles. The van der Waals surface area contributed by atoms with Gasteiger partial charge in [-0.15, -0.1) is 13.2 Å². The average molecular weight is 190 g/mol. The largest absolute Gasteiger partial charge is 0.394 e. The Morgan fingerprint density at radius 1 is 1.31 bits per heavy atom. The second-order valence-corrected chi connectivity index (χ2v) is 2.11. The van der Waals surface area contributed by atoms with Crippen LogP contribution in [0.4, 0.5) is 0 Å². The highest BCUT2D eigenvalue weighted by Crippen LogP contribution is 1.77. The van der Waals surface area contributed by atoms with Gasteiger partial charge < -0.3 is 14.9 Å². The fraction of sp³-hybridized carbons (Fsp3) is 0.600. The van der Waals surface area contributed by atoms with Crippen molar-refractivity contribution in [3.05, 3.63) is 25.3 Å². The summed E-state index contributed by atoms with van der Waals surface area (Å²) in [4.78, 5) is 0. The smallest absolute Gasteiger partial charge is 0.100 e. The molecular formula is C10H22O3. The highest BCUT2D eigenvalue weighted by atomic mass is 16.5. The Hall–Kier alpha value is -0.640. The number of aliphatic hydroxyl groups excluding tert-OH is 2. The van der Waals surface area contributed by atoms with Crippen LogP contribution in [0.5, 0.6) is 0 Å². The molecule has 0 aromatic heterocycles. The van der Waals surface area contributed by atoms with Crippen LogP contribution < -0.4 is 0 Å². The molecule has 0 heterocycles. The Bertz CT molecular complexity index is 86.2. The van der Waals surface area contributed by atoms with Gasteiger partial charge in [0.2, 0.25) is 0 Å². The maximum atomic E-state index is 8.48. The SMILES string of the molecule is C=CC.C=CC.COCC(O)CO. The summed E-state index contributed by atoms with van der Waals surface area (Å²) in [5, 5.41) is 16.6. The van der Waals surface area contributed by atoms with Crippen LogP contribution in [0.2, 0.25) is 0 Å². The Kier molecular flexibility index (Phi) is 31.5. The second-order valence-electron chi connectivity index (χ2n) is 2.11. The van der Waals surface area contributed by atoms with Crippen molar-refractivity contribution in [3.8, 4) is 0 Å². The van der Waals surface area contributed by atoms with Gasteiger partial charge in [-0.1, -0.05) is 12.2 Å². The third kappa shape index (κ3) is 52.4. The molecule has 13 heavy (non-hydrogen) atoms. The van der Waals surface area contributed by atoms with Crippen molar-refractivity contribution in [2.75, 3.05) is 20.3 Å². The van der Waals surface area contributed by atoms with Gasteiger partial charge in [0.05, 0.1) is 13.2 Å². The van der Waals surface area contributed by atoms with Crippen LogP contribution in [0.25, 0.3) is 0 Å². The van der Waals surface area contributed by atoms with Crippen LogP contribution in [0.1, 0.15) is 13.8 Å². The molecule has 0 fully saturated rings. The van der Waals surface area contributed by atoms with Gasteiger partial charge in [-0.25, -0.2) is 0 Å². The van der Waals surface area contributed by atoms with Crippen molar-refractivity contribution in [1.82, 2.24) is 0 Å². The van der Waals surface area contributed by atoms with Gasteiger partial charge in [-0.05, 0) is 13.8 Å². The molecule has 0 saturated heterocycles. The van der Waals surface area contributed by atoms with Gasteiger partial charge >= 0.3 is 0 Å². The van der Waals surface area contributed by atoms with Crippen LogP contribution in [-0.4, -0.2) is 36.6 Å². The lowest BCUT2D eigenvalue weighted by atomic mass is 10.4. The summed E-state index contributed by atoms with van der Waals surface area (Å²) in [7, 11) is 1.47. The van der Waals surface area contributed by atoms with Gasteiger partial charge in [-0.2, -0.15) is 0 Å². The number of aliphatic hydroxyl groups is 2. The van der Waals surface area contributed by atoms with E-state index in [1.165, 1.54) is 7.11 Å². The number of hydrogen-bond acceptors (Lipinski definition) is 3. The zero-order valence-electron chi connectivity index (χ0n) is 8.86. The van der Waals surface area contributed by atoms with Gasteiger partial charge in [0.1, 0.15) is 6.10 Å². The first-order valence-electron chi connectivity index (χ1n) is 4.06. The standard InChI is InChI=1S/C4H10O3.2C3H6/c1-7-3-4(6)2-5;2*1-3-2/h4-6H,2-3H2,1H3;2*3H,1H2,2H3. The summed E-state index contributed by atoms with van der Waals surface area (Å²) in [6.45, 7) is 10.5. The van der Waals surface area contributed by atoms with E-state index in [4.69, 9.17) is 10.2 Å². The fourth-order valence-corrected chi connectivity index (χ4v) is 0.245. The fourth-order valence-electron chi connectivity index (χ4n) is 0.245. The van der Waals surface area contributed by atoms with E-state index in [0.717, 1.165) is 0 Å². The zero-order chi connectivity index (χ0) is 11.1. The summed E-state index contributed by atoms with van der Waals surface area (Å²) >= 11 is 0. The number of ether oxygens (including phenoxy) is 1. The van der Waals surface area contributed by atoms with Crippen molar-refractivity contribution in [3.63, 3.8) is 0 Å². The van der Waals surface area contributed by atoms with Crippen LogP contribution in [0, 0.1) is 0 Å². The van der Waals surface area contributed by atoms with Gasteiger partial charge in [0.15, 0.2) is 0 Å². The van der Waals surface area contributed by atoms with Crippen molar-refractivity contribution in [2.24, 2.45) is 0 Å². The Morgan fingerprint density at radius 2 is 1.62 bits per heavy atom. The summed E-state index contributed by atoms with van der Waals surface area (Å²) in [6.07, 6.45) is 2.78. The highest BCUT2D eigenvalue weighted by Gasteiger charge is 1.96. The van der Waals surface area contributed by atoms with Crippen LogP contribution >= 0.6 is 0 Å². The first-order chi connectivity index (χ1) is 6.14. The predicted octanol–water partition coefficient (Wildman–Crippen LogP) is 1.37. The molecule has 0 rings (SSSR count). The second kappa shape index (κ2) is 22.5. The minimum atomic E-state index is -0.718. The third-order valence-electron chi connectivity index (χ3n) is 0.570. The minimum absolute atomic E-state index is 0.205. The molecular weight excluding hydrogens is 168 g/mol. The minimum Gasteiger partial charge on any atom is -0.394 e. The van der Waals surface area contributed by atoms with E-state index in [-0.39, 0.29) is 13.2 Å². The quantitative estimate of drug-likeness (QED) is 0.661. The molecule has 0 spiro atoms. The maximum Gasteiger partial charge on any atom is 0.100 e. The van der Waals surface area contributed by atoms with Crippen LogP contribution in [0.15, 0.2) is 25.3 Å². The average Bonchev–Trinajstić information content (AvgIpc) is 2.07. The van der Waals surface area contributed by atoms with E-state index < -0.39 is 6.10 Å². The third-order valence-corrected chi connectivity index (χ3v) is 0.570. The van der Waals surface area contributed by atoms with Gasteiger partial charge in [-0.3, -0.25) is 0 Å². The molecule has 0 radical (unpaired) electrons. The van der Waals surface area contributed by atoms with Gasteiger partial charge in [0.25, 0.3) is 0 Å². The molecule has 1 atom stereocenters. The topological polar surface area (TPSA) is 49.7 Å². The van der Waals surface area contributed by atoms with Crippen LogP contribution in [0.3, 0.4) is 0 Å². The van der Waals surface area contributed by atoms with Crippen molar-refractivity contribution in [2.45, 2.75) is 20.0 Å². The maximum absolute atomic E-state index is 8.48. The normalized spacial score (nSPS) is 9.62. The molecule has 80 valence electrons. The molecule has 1 unspecified atom stereocenters. The molecule has 0 bridgehead atoms. The summed E-state index contributed by atoms with van der Waals surface area (Å²) < 4.78 is 4.48. The Balaban J connectivity index is -0.000000140. The molecule has 0 aliphatic heterocycles. The van der Waals surface area contributed by atoms with E-state index in [1.807, 2.05) is 13.8 Å². The van der Waals surface area contributed by atoms with Crippen molar-refractivity contribution in [1.29, 1.82) is 0 Å². The highest BCUT2D eigenvalue weighted by molar-refractivity contribution is 4.52. The van der Waals surface area contributed by atoms with E-state index in [9.17, 15) is 0 Å². The van der Waals surface area contributed by atoms with E-state index in [1.54, 1.807) is 12.2 Å². The van der Waals surface area contributed by atoms with Crippen molar-refractivity contribution >= 4 is 0 Å². The van der Waals surface area contributed by atoms with Crippen molar-refractivity contribution < 1.29 is 14.9 Å². The lowest BCUT2D eigenvalue weighted by molar-refractivity contribution is 0.0254. The Labute approximate surface area is 81.4 Å². The zero-order valence-corrected chi connectivity index (χ0v) is 8.86. The Morgan fingerprint density at radius 3 is 1.69 bits per heavy atom. The van der Waals surface area contributed by atoms with Crippen LogP contribution in [-0.2, 0) is 4.74 Å². The number of rotatable bonds is 3. The molecule has 3 heteroatoms. The number of allylic oxidation sites excluding steroid dienone is 2. The monoisotopic (exact) mass is 190 g/mol. The van der Waals surface area contributed by atoms with Gasteiger partial charge in [0, 0.05) is 7.11 Å². The lowest BCUT2D eigenvalue weighted by Gasteiger charge is -2.01. The summed E-state index contributed by atoms with van der Waals surface area (Å²) in [6, 6.07) is 0. The van der Waals surface area contributed by atoms with E-state index in [0.29, 0.717) is 0 Å². The van der Waals surface area contributed by atoms with E-state index in [2.05, 4.69) is 17.9 Å². The summed E-state index contributed by atoms with van der Waals surface area (Å²) in [5.41, 5.74) is 0. The predicted molar refractivity (Wildman–Crippen MR) is 56.7 cm³/mol. The molecule has 0 aromatic carbocycles. The summed E-state index contributed by atoms with van der Waals surface area (Å²) in [5.74, 6) is 0.